The first kappa shape index (κ1) is 14.1. The maximum absolute atomic E-state index is 12.2. The second-order valence-electron chi connectivity index (χ2n) is 4.50. The summed E-state index contributed by atoms with van der Waals surface area (Å²) in [5.74, 6) is -0.0891. The Hall–Kier alpha value is -1.33. The van der Waals surface area contributed by atoms with Gasteiger partial charge in [0.15, 0.2) is 0 Å². The molecule has 0 spiro atoms. The molecule has 1 amide bonds. The van der Waals surface area contributed by atoms with Crippen molar-refractivity contribution in [2.75, 3.05) is 0 Å². The van der Waals surface area contributed by atoms with Gasteiger partial charge < -0.3 is 5.32 Å². The monoisotopic (exact) mass is 292 g/mol. The van der Waals surface area contributed by atoms with Gasteiger partial charge in [0.25, 0.3) is 5.91 Å². The molecule has 2 rings (SSSR count). The molecule has 0 radical (unpaired) electrons. The minimum Gasteiger partial charge on any atom is -0.343 e. The lowest BCUT2D eigenvalue weighted by molar-refractivity contribution is 0.0939. The number of aromatic nitrogens is 1. The summed E-state index contributed by atoms with van der Waals surface area (Å²) in [6.07, 6.45) is 1.82. The standard InChI is InChI=1S/C14H16N2OS2/c1-8-4-5-11(18)6-12(8)13(17)16-10(3)14-15-7-9(2)19-14/h4-7,10,18H,1-3H3,(H,16,17). The zero-order chi connectivity index (χ0) is 14.0. The summed E-state index contributed by atoms with van der Waals surface area (Å²) < 4.78 is 0. The van der Waals surface area contributed by atoms with Gasteiger partial charge in [0.05, 0.1) is 6.04 Å². The van der Waals surface area contributed by atoms with E-state index in [2.05, 4.69) is 22.9 Å². The van der Waals surface area contributed by atoms with Crippen molar-refractivity contribution in [1.29, 1.82) is 0 Å². The molecule has 1 heterocycles. The average Bonchev–Trinajstić information content (AvgIpc) is 2.79. The fraction of sp³-hybridized carbons (Fsp3) is 0.286. The van der Waals surface area contributed by atoms with Gasteiger partial charge in [-0.05, 0) is 38.5 Å². The molecule has 3 nitrogen and oxygen atoms in total. The van der Waals surface area contributed by atoms with E-state index in [1.807, 2.05) is 39.1 Å². The number of amides is 1. The molecule has 1 unspecified atom stereocenters. The number of nitrogens with zero attached hydrogens (tertiary/aromatic N) is 1. The minimum atomic E-state index is -0.0891. The van der Waals surface area contributed by atoms with Crippen molar-refractivity contribution >= 4 is 29.9 Å². The second-order valence-corrected chi connectivity index (χ2v) is 6.29. The smallest absolute Gasteiger partial charge is 0.252 e. The van der Waals surface area contributed by atoms with Crippen LogP contribution in [0.25, 0.3) is 0 Å². The van der Waals surface area contributed by atoms with Crippen LogP contribution in [0.4, 0.5) is 0 Å². The molecule has 1 atom stereocenters. The third-order valence-electron chi connectivity index (χ3n) is 2.82. The summed E-state index contributed by atoms with van der Waals surface area (Å²) in [4.78, 5) is 18.5. The molecule has 0 saturated carbocycles. The van der Waals surface area contributed by atoms with Gasteiger partial charge in [0.2, 0.25) is 0 Å². The second kappa shape index (κ2) is 5.75. The van der Waals surface area contributed by atoms with Gasteiger partial charge in [-0.15, -0.1) is 24.0 Å². The van der Waals surface area contributed by atoms with Crippen LogP contribution in [0.5, 0.6) is 0 Å². The van der Waals surface area contributed by atoms with Crippen molar-refractivity contribution in [3.8, 4) is 0 Å². The molecule has 1 aromatic heterocycles. The molecule has 100 valence electrons. The van der Waals surface area contributed by atoms with Crippen molar-refractivity contribution in [3.63, 3.8) is 0 Å². The number of nitrogens with one attached hydrogen (secondary N) is 1. The summed E-state index contributed by atoms with van der Waals surface area (Å²) in [5, 5.41) is 3.89. The van der Waals surface area contributed by atoms with Crippen molar-refractivity contribution in [3.05, 3.63) is 45.4 Å². The Labute approximate surface area is 122 Å². The molecule has 1 N–H and O–H groups in total. The zero-order valence-electron chi connectivity index (χ0n) is 11.1. The number of thiazole rings is 1. The largest absolute Gasteiger partial charge is 0.343 e. The molecule has 1 aromatic carbocycles. The van der Waals surface area contributed by atoms with Crippen LogP contribution in [0.15, 0.2) is 29.3 Å². The van der Waals surface area contributed by atoms with E-state index in [1.54, 1.807) is 17.4 Å². The number of carbonyl (C=O) groups excluding carboxylic acids is 1. The first-order valence-corrected chi connectivity index (χ1v) is 7.26. The van der Waals surface area contributed by atoms with Crippen molar-refractivity contribution in [2.24, 2.45) is 0 Å². The van der Waals surface area contributed by atoms with E-state index in [1.165, 1.54) is 0 Å². The van der Waals surface area contributed by atoms with E-state index in [0.717, 1.165) is 20.3 Å². The molecule has 0 aliphatic heterocycles. The first-order valence-electron chi connectivity index (χ1n) is 6.00. The van der Waals surface area contributed by atoms with Gasteiger partial charge in [-0.1, -0.05) is 6.07 Å². The van der Waals surface area contributed by atoms with Gasteiger partial charge in [-0.25, -0.2) is 4.98 Å². The molecule has 0 bridgehead atoms. The lowest BCUT2D eigenvalue weighted by Crippen LogP contribution is -2.27. The SMILES string of the molecule is Cc1cnc(C(C)NC(=O)c2cc(S)ccc2C)s1. The predicted molar refractivity (Wildman–Crippen MR) is 81.2 cm³/mol. The summed E-state index contributed by atoms with van der Waals surface area (Å²) in [5.41, 5.74) is 1.60. The van der Waals surface area contributed by atoms with Crippen LogP contribution in [0.3, 0.4) is 0 Å². The maximum atomic E-state index is 12.2. The Kier molecular flexibility index (Phi) is 4.27. The van der Waals surface area contributed by atoms with E-state index in [9.17, 15) is 4.79 Å². The fourth-order valence-corrected chi connectivity index (χ4v) is 2.74. The van der Waals surface area contributed by atoms with Crippen LogP contribution in [0.2, 0.25) is 0 Å². The number of rotatable bonds is 3. The molecule has 2 aromatic rings. The quantitative estimate of drug-likeness (QED) is 0.850. The highest BCUT2D eigenvalue weighted by Crippen LogP contribution is 2.20. The molecular formula is C14H16N2OS2. The lowest BCUT2D eigenvalue weighted by Gasteiger charge is -2.13. The summed E-state index contributed by atoms with van der Waals surface area (Å²) >= 11 is 5.87. The van der Waals surface area contributed by atoms with E-state index >= 15 is 0 Å². The molecule has 5 heteroatoms. The van der Waals surface area contributed by atoms with E-state index in [4.69, 9.17) is 0 Å². The van der Waals surface area contributed by atoms with E-state index in [-0.39, 0.29) is 11.9 Å². The normalized spacial score (nSPS) is 12.2. The number of thiol groups is 1. The summed E-state index contributed by atoms with van der Waals surface area (Å²) in [6.45, 7) is 5.86. The van der Waals surface area contributed by atoms with Crippen LogP contribution < -0.4 is 5.32 Å². The lowest BCUT2D eigenvalue weighted by atomic mass is 10.1. The minimum absolute atomic E-state index is 0.0887. The Balaban J connectivity index is 2.15. The van der Waals surface area contributed by atoms with Crippen LogP contribution >= 0.6 is 24.0 Å². The average molecular weight is 292 g/mol. The third-order valence-corrected chi connectivity index (χ3v) is 4.20. The highest BCUT2D eigenvalue weighted by molar-refractivity contribution is 7.80. The van der Waals surface area contributed by atoms with Crippen molar-refractivity contribution in [1.82, 2.24) is 10.3 Å². The molecular weight excluding hydrogens is 276 g/mol. The van der Waals surface area contributed by atoms with Gasteiger partial charge in [0.1, 0.15) is 5.01 Å². The number of hydrogen-bond acceptors (Lipinski definition) is 4. The molecule has 19 heavy (non-hydrogen) atoms. The predicted octanol–water partition coefficient (Wildman–Crippen LogP) is 3.54. The van der Waals surface area contributed by atoms with Gasteiger partial charge in [-0.2, -0.15) is 0 Å². The Morgan fingerprint density at radius 2 is 2.16 bits per heavy atom. The van der Waals surface area contributed by atoms with Crippen LogP contribution in [-0.2, 0) is 0 Å². The maximum Gasteiger partial charge on any atom is 0.252 e. The van der Waals surface area contributed by atoms with E-state index in [0.29, 0.717) is 5.56 Å². The van der Waals surface area contributed by atoms with Gasteiger partial charge in [-0.3, -0.25) is 4.79 Å². The Morgan fingerprint density at radius 1 is 1.42 bits per heavy atom. The molecule has 0 fully saturated rings. The van der Waals surface area contributed by atoms with Gasteiger partial charge in [0, 0.05) is 21.5 Å². The van der Waals surface area contributed by atoms with Crippen LogP contribution in [0.1, 0.15) is 38.8 Å². The van der Waals surface area contributed by atoms with Crippen molar-refractivity contribution in [2.45, 2.75) is 31.7 Å². The first-order chi connectivity index (χ1) is 8.97. The third kappa shape index (κ3) is 3.36. The van der Waals surface area contributed by atoms with Gasteiger partial charge >= 0.3 is 0 Å². The highest BCUT2D eigenvalue weighted by atomic mass is 32.1. The molecule has 0 aliphatic rings. The molecule has 0 saturated heterocycles. The number of aryl methyl sites for hydroxylation is 2. The topological polar surface area (TPSA) is 42.0 Å². The van der Waals surface area contributed by atoms with E-state index < -0.39 is 0 Å². The highest BCUT2D eigenvalue weighted by Gasteiger charge is 2.15. The summed E-state index contributed by atoms with van der Waals surface area (Å²) in [7, 11) is 0. The number of hydrogen-bond donors (Lipinski definition) is 2. The zero-order valence-corrected chi connectivity index (χ0v) is 12.8. The van der Waals surface area contributed by atoms with Crippen LogP contribution in [-0.4, -0.2) is 10.9 Å². The Morgan fingerprint density at radius 3 is 2.79 bits per heavy atom. The molecule has 0 aliphatic carbocycles. The number of benzene rings is 1. The number of carbonyl (C=O) groups is 1. The summed E-state index contributed by atoms with van der Waals surface area (Å²) in [6, 6.07) is 5.47. The Bertz CT molecular complexity index is 607. The fourth-order valence-electron chi connectivity index (χ4n) is 1.76. The van der Waals surface area contributed by atoms with Crippen molar-refractivity contribution < 1.29 is 4.79 Å². The van der Waals surface area contributed by atoms with Crippen LogP contribution in [0, 0.1) is 13.8 Å².